The average molecular weight is 425 g/mol. The molecular weight excluding hydrogens is 414 g/mol. The van der Waals surface area contributed by atoms with Crippen molar-refractivity contribution in [3.8, 4) is 11.8 Å². The van der Waals surface area contributed by atoms with Gasteiger partial charge in [-0.05, 0) is 12.1 Å². The van der Waals surface area contributed by atoms with E-state index in [1.165, 1.54) is 18.2 Å². The van der Waals surface area contributed by atoms with Crippen LogP contribution in [-0.4, -0.2) is 38.9 Å². The number of anilines is 1. The van der Waals surface area contributed by atoms with Crippen molar-refractivity contribution >= 4 is 23.1 Å². The quantitative estimate of drug-likeness (QED) is 0.487. The van der Waals surface area contributed by atoms with Crippen LogP contribution in [0.2, 0.25) is 0 Å². The number of benzene rings is 1. The smallest absolute Gasteiger partial charge is 0.387 e. The van der Waals surface area contributed by atoms with Crippen molar-refractivity contribution in [1.29, 1.82) is 0 Å². The summed E-state index contributed by atoms with van der Waals surface area (Å²) in [4.78, 5) is 21.5. The van der Waals surface area contributed by atoms with Crippen LogP contribution >= 0.6 is 0 Å². The molecule has 0 aliphatic heterocycles. The Labute approximate surface area is 156 Å². The second-order valence-corrected chi connectivity index (χ2v) is 5.58. The lowest BCUT2D eigenvalue weighted by molar-refractivity contribution is -0.0518. The Kier molecular flexibility index (Phi) is 7.39. The SMILES string of the molecule is COc1nc(NC(=O)NOS(=O)c2ccccc2OC(F)F)nc(C(F)F)n1. The normalized spacial score (nSPS) is 12.0. The van der Waals surface area contributed by atoms with Crippen LogP contribution in [0.4, 0.5) is 28.3 Å². The number of halogens is 4. The van der Waals surface area contributed by atoms with Crippen LogP contribution in [0.1, 0.15) is 12.2 Å². The van der Waals surface area contributed by atoms with Gasteiger partial charge in [-0.3, -0.25) is 5.32 Å². The maximum atomic E-state index is 12.7. The van der Waals surface area contributed by atoms with Crippen LogP contribution in [0.5, 0.6) is 11.8 Å². The highest BCUT2D eigenvalue weighted by atomic mass is 32.2. The Morgan fingerprint density at radius 3 is 2.50 bits per heavy atom. The molecule has 2 aromatic rings. The summed E-state index contributed by atoms with van der Waals surface area (Å²) in [6, 6.07) is 3.33. The number of carbonyl (C=O) groups excluding carboxylic acids is 1. The average Bonchev–Trinajstić information content (AvgIpc) is 2.65. The van der Waals surface area contributed by atoms with Crippen LogP contribution in [0.25, 0.3) is 0 Å². The minimum atomic E-state index is -3.17. The van der Waals surface area contributed by atoms with Gasteiger partial charge in [-0.2, -0.15) is 28.0 Å². The molecule has 1 aromatic carbocycles. The van der Waals surface area contributed by atoms with Crippen LogP contribution in [0, 0.1) is 0 Å². The number of para-hydroxylation sites is 1. The minimum absolute atomic E-state index is 0.287. The zero-order valence-electron chi connectivity index (χ0n) is 13.8. The van der Waals surface area contributed by atoms with Crippen molar-refractivity contribution < 1.29 is 40.3 Å². The van der Waals surface area contributed by atoms with Gasteiger partial charge in [0, 0.05) is 0 Å². The number of amides is 2. The molecule has 1 atom stereocenters. The van der Waals surface area contributed by atoms with Gasteiger partial charge in [-0.15, -0.1) is 0 Å². The van der Waals surface area contributed by atoms with E-state index >= 15 is 0 Å². The molecule has 2 N–H and O–H groups in total. The molecule has 0 aliphatic rings. The topological polar surface area (TPSA) is 125 Å². The van der Waals surface area contributed by atoms with E-state index in [0.29, 0.717) is 0 Å². The molecule has 0 saturated carbocycles. The van der Waals surface area contributed by atoms with E-state index in [4.69, 9.17) is 0 Å². The summed E-state index contributed by atoms with van der Waals surface area (Å²) in [7, 11) is 1.11. The molecule has 0 aliphatic carbocycles. The van der Waals surface area contributed by atoms with E-state index in [-0.39, 0.29) is 4.90 Å². The molecule has 0 radical (unpaired) electrons. The number of ether oxygens (including phenoxy) is 2. The van der Waals surface area contributed by atoms with Crippen molar-refractivity contribution in [3.05, 3.63) is 30.1 Å². The number of hydrogen-bond acceptors (Lipinski definition) is 8. The van der Waals surface area contributed by atoms with E-state index in [9.17, 15) is 26.6 Å². The van der Waals surface area contributed by atoms with Gasteiger partial charge in [0.1, 0.15) is 10.6 Å². The highest BCUT2D eigenvalue weighted by Crippen LogP contribution is 2.24. The van der Waals surface area contributed by atoms with Crippen molar-refractivity contribution in [2.45, 2.75) is 17.9 Å². The first-order valence-corrected chi connectivity index (χ1v) is 8.15. The second-order valence-electron chi connectivity index (χ2n) is 4.50. The molecule has 0 saturated heterocycles. The number of methoxy groups -OCH3 is 1. The van der Waals surface area contributed by atoms with Crippen LogP contribution in [-0.2, 0) is 15.4 Å². The summed E-state index contributed by atoms with van der Waals surface area (Å²) in [6.07, 6.45) is -3.06. The first kappa shape index (κ1) is 21.2. The van der Waals surface area contributed by atoms with Gasteiger partial charge in [0.25, 0.3) is 6.43 Å². The summed E-state index contributed by atoms with van der Waals surface area (Å²) in [5, 5.41) is 1.93. The van der Waals surface area contributed by atoms with E-state index in [0.717, 1.165) is 13.2 Å². The van der Waals surface area contributed by atoms with Gasteiger partial charge in [0.2, 0.25) is 22.9 Å². The Bertz CT molecular complexity index is 860. The highest BCUT2D eigenvalue weighted by molar-refractivity contribution is 7.80. The van der Waals surface area contributed by atoms with Gasteiger partial charge < -0.3 is 9.47 Å². The lowest BCUT2D eigenvalue weighted by Crippen LogP contribution is -2.30. The summed E-state index contributed by atoms with van der Waals surface area (Å²) < 4.78 is 75.5. The van der Waals surface area contributed by atoms with Crippen molar-refractivity contribution in [2.75, 3.05) is 12.4 Å². The number of rotatable bonds is 8. The molecule has 152 valence electrons. The molecule has 0 fully saturated rings. The fourth-order valence-corrected chi connectivity index (χ4v) is 2.36. The Hall–Kier alpha value is -3.07. The maximum absolute atomic E-state index is 12.7. The number of urea groups is 1. The lowest BCUT2D eigenvalue weighted by Gasteiger charge is -2.10. The molecule has 15 heteroatoms. The molecular formula is C13H11F4N5O5S. The van der Waals surface area contributed by atoms with E-state index in [1.807, 2.05) is 5.32 Å². The van der Waals surface area contributed by atoms with E-state index in [2.05, 4.69) is 28.7 Å². The first-order valence-electron chi connectivity index (χ1n) is 7.08. The summed E-state index contributed by atoms with van der Waals surface area (Å²) >= 11 is -2.44. The lowest BCUT2D eigenvalue weighted by atomic mass is 10.3. The second kappa shape index (κ2) is 9.75. The predicted molar refractivity (Wildman–Crippen MR) is 84.1 cm³/mol. The van der Waals surface area contributed by atoms with Gasteiger partial charge >= 0.3 is 18.7 Å². The molecule has 1 aromatic heterocycles. The molecule has 2 amide bonds. The molecule has 1 unspecified atom stereocenters. The Balaban J connectivity index is 2.01. The zero-order valence-corrected chi connectivity index (χ0v) is 14.6. The van der Waals surface area contributed by atoms with Gasteiger partial charge in [0.05, 0.1) is 7.11 Å². The third-order valence-corrected chi connectivity index (χ3v) is 3.62. The Morgan fingerprint density at radius 1 is 1.14 bits per heavy atom. The van der Waals surface area contributed by atoms with Crippen LogP contribution < -0.4 is 20.3 Å². The van der Waals surface area contributed by atoms with Gasteiger partial charge in [-0.25, -0.2) is 23.3 Å². The van der Waals surface area contributed by atoms with E-state index < -0.39 is 53.7 Å². The fourth-order valence-electron chi connectivity index (χ4n) is 1.65. The monoisotopic (exact) mass is 425 g/mol. The number of hydroxylamine groups is 1. The van der Waals surface area contributed by atoms with E-state index in [1.54, 1.807) is 5.48 Å². The fraction of sp³-hybridized carbons (Fsp3) is 0.231. The highest BCUT2D eigenvalue weighted by Gasteiger charge is 2.19. The van der Waals surface area contributed by atoms with Crippen molar-refractivity contribution in [1.82, 2.24) is 20.4 Å². The molecule has 1 heterocycles. The molecule has 10 nitrogen and oxygen atoms in total. The molecule has 0 spiro atoms. The minimum Gasteiger partial charge on any atom is -0.467 e. The van der Waals surface area contributed by atoms with Gasteiger partial charge in [-0.1, -0.05) is 12.1 Å². The maximum Gasteiger partial charge on any atom is 0.387 e. The number of nitrogens with zero attached hydrogens (tertiary/aromatic N) is 3. The molecule has 0 bridgehead atoms. The summed E-state index contributed by atoms with van der Waals surface area (Å²) in [6.45, 7) is -3.17. The standard InChI is InChI=1S/C13H11F4N5O5S/c1-25-13-19-9(8(14)15)18-11(21-13)20-12(23)22-27-28(24)7-5-3-2-4-6(7)26-10(16)17/h2-5,8,10H,1H3,(H2,18,19,20,21,22,23). The third-order valence-electron chi connectivity index (χ3n) is 2.69. The molecule has 2 rings (SSSR count). The van der Waals surface area contributed by atoms with Crippen LogP contribution in [0.3, 0.4) is 0 Å². The third kappa shape index (κ3) is 5.98. The largest absolute Gasteiger partial charge is 0.467 e. The predicted octanol–water partition coefficient (Wildman–Crippen LogP) is 2.20. The summed E-state index contributed by atoms with van der Waals surface area (Å²) in [5.41, 5.74) is 1.67. The Morgan fingerprint density at radius 2 is 1.86 bits per heavy atom. The number of carbonyl (C=O) groups is 1. The van der Waals surface area contributed by atoms with Crippen molar-refractivity contribution in [3.63, 3.8) is 0 Å². The number of alkyl halides is 4. The van der Waals surface area contributed by atoms with Gasteiger partial charge in [0.15, 0.2) is 0 Å². The molecule has 28 heavy (non-hydrogen) atoms. The number of aromatic nitrogens is 3. The van der Waals surface area contributed by atoms with Crippen molar-refractivity contribution in [2.24, 2.45) is 0 Å². The summed E-state index contributed by atoms with van der Waals surface area (Å²) in [5.74, 6) is -1.98. The number of hydrogen-bond donors (Lipinski definition) is 2. The number of nitrogens with one attached hydrogen (secondary N) is 2. The first-order chi connectivity index (χ1) is 13.3. The van der Waals surface area contributed by atoms with Crippen LogP contribution in [0.15, 0.2) is 29.2 Å². The zero-order chi connectivity index (χ0) is 20.7.